The maximum absolute atomic E-state index is 12.5. The van der Waals surface area contributed by atoms with Gasteiger partial charge < -0.3 is 15.1 Å². The number of rotatable bonds is 1. The molecule has 0 aromatic heterocycles. The fraction of sp³-hybridized carbons (Fsp3) is 0.462. The summed E-state index contributed by atoms with van der Waals surface area (Å²) < 4.78 is 0. The standard InChI is InChI=1S/C13H16ClN3O/c1-2-16-11-7-9(14)3-4-10(11)17-6-5-15-8-12(17)13(16)18/h3-4,7,12,15H,2,5-6,8H2,1H3. The normalized spacial score (nSPS) is 22.8. The van der Waals surface area contributed by atoms with E-state index in [2.05, 4.69) is 10.2 Å². The van der Waals surface area contributed by atoms with Gasteiger partial charge in [-0.2, -0.15) is 0 Å². The van der Waals surface area contributed by atoms with E-state index in [-0.39, 0.29) is 11.9 Å². The van der Waals surface area contributed by atoms with Crippen LogP contribution >= 0.6 is 11.6 Å². The molecule has 1 aromatic rings. The summed E-state index contributed by atoms with van der Waals surface area (Å²) in [6.45, 7) is 5.17. The van der Waals surface area contributed by atoms with Crippen molar-refractivity contribution >= 4 is 28.9 Å². The first-order valence-corrected chi connectivity index (χ1v) is 6.68. The Balaban J connectivity index is 2.12. The van der Waals surface area contributed by atoms with Crippen molar-refractivity contribution in [3.05, 3.63) is 23.2 Å². The number of anilines is 2. The second-order valence-corrected chi connectivity index (χ2v) is 5.07. The van der Waals surface area contributed by atoms with Gasteiger partial charge in [0, 0.05) is 31.2 Å². The molecule has 96 valence electrons. The Hall–Kier alpha value is -1.26. The summed E-state index contributed by atoms with van der Waals surface area (Å²) in [6, 6.07) is 5.72. The number of benzene rings is 1. The number of carbonyl (C=O) groups excluding carboxylic acids is 1. The van der Waals surface area contributed by atoms with Crippen LogP contribution in [0.1, 0.15) is 6.92 Å². The molecule has 1 amide bonds. The van der Waals surface area contributed by atoms with Gasteiger partial charge >= 0.3 is 0 Å². The highest BCUT2D eigenvalue weighted by Crippen LogP contribution is 2.38. The average Bonchev–Trinajstić information content (AvgIpc) is 2.39. The molecule has 0 bridgehead atoms. The van der Waals surface area contributed by atoms with Crippen molar-refractivity contribution in [2.45, 2.75) is 13.0 Å². The molecule has 2 aliphatic rings. The molecule has 0 saturated carbocycles. The van der Waals surface area contributed by atoms with Crippen molar-refractivity contribution in [1.29, 1.82) is 0 Å². The monoisotopic (exact) mass is 265 g/mol. The topological polar surface area (TPSA) is 35.6 Å². The van der Waals surface area contributed by atoms with Gasteiger partial charge in [-0.25, -0.2) is 0 Å². The van der Waals surface area contributed by atoms with Gasteiger partial charge in [0.1, 0.15) is 6.04 Å². The summed E-state index contributed by atoms with van der Waals surface area (Å²) in [5, 5.41) is 3.96. The van der Waals surface area contributed by atoms with Crippen molar-refractivity contribution in [3.8, 4) is 0 Å². The molecule has 1 unspecified atom stereocenters. The van der Waals surface area contributed by atoms with E-state index in [1.807, 2.05) is 30.0 Å². The maximum Gasteiger partial charge on any atom is 0.251 e. The minimum absolute atomic E-state index is 0.0765. The molecule has 0 aliphatic carbocycles. The van der Waals surface area contributed by atoms with Gasteiger partial charge in [-0.05, 0) is 25.1 Å². The van der Waals surface area contributed by atoms with E-state index in [1.54, 1.807) is 0 Å². The minimum atomic E-state index is -0.0765. The van der Waals surface area contributed by atoms with Crippen LogP contribution in [0.5, 0.6) is 0 Å². The summed E-state index contributed by atoms with van der Waals surface area (Å²) in [5.74, 6) is 0.166. The van der Waals surface area contributed by atoms with Crippen LogP contribution in [-0.2, 0) is 4.79 Å². The van der Waals surface area contributed by atoms with Gasteiger partial charge in [0.25, 0.3) is 5.91 Å². The van der Waals surface area contributed by atoms with Crippen LogP contribution in [0.25, 0.3) is 0 Å². The van der Waals surface area contributed by atoms with E-state index in [9.17, 15) is 4.79 Å². The maximum atomic E-state index is 12.5. The lowest BCUT2D eigenvalue weighted by Gasteiger charge is -2.45. The van der Waals surface area contributed by atoms with Gasteiger partial charge in [0.15, 0.2) is 0 Å². The van der Waals surface area contributed by atoms with Crippen LogP contribution in [0.15, 0.2) is 18.2 Å². The SMILES string of the molecule is CCN1C(=O)C2CNCCN2c2ccc(Cl)cc21. The van der Waals surface area contributed by atoms with E-state index in [0.29, 0.717) is 11.6 Å². The third-order valence-corrected chi connectivity index (χ3v) is 3.88. The number of amides is 1. The number of fused-ring (bicyclic) bond motifs is 3. The Labute approximate surface area is 112 Å². The Morgan fingerprint density at radius 2 is 2.28 bits per heavy atom. The summed E-state index contributed by atoms with van der Waals surface area (Å²) >= 11 is 6.05. The zero-order valence-corrected chi connectivity index (χ0v) is 11.1. The highest BCUT2D eigenvalue weighted by Gasteiger charge is 2.38. The van der Waals surface area contributed by atoms with Gasteiger partial charge in [0.05, 0.1) is 11.4 Å². The summed E-state index contributed by atoms with van der Waals surface area (Å²) in [5.41, 5.74) is 2.06. The Morgan fingerprint density at radius 1 is 1.44 bits per heavy atom. The molecule has 4 nitrogen and oxygen atoms in total. The van der Waals surface area contributed by atoms with E-state index in [4.69, 9.17) is 11.6 Å². The molecular weight excluding hydrogens is 250 g/mol. The summed E-state index contributed by atoms with van der Waals surface area (Å²) in [6.07, 6.45) is 0. The third-order valence-electron chi connectivity index (χ3n) is 3.65. The van der Waals surface area contributed by atoms with Gasteiger partial charge in [0.2, 0.25) is 0 Å². The second kappa shape index (κ2) is 4.44. The number of hydrogen-bond donors (Lipinski definition) is 1. The lowest BCUT2D eigenvalue weighted by molar-refractivity contribution is -0.120. The first-order chi connectivity index (χ1) is 8.72. The lowest BCUT2D eigenvalue weighted by atomic mass is 10.0. The Bertz CT molecular complexity index is 491. The molecule has 1 atom stereocenters. The molecule has 1 saturated heterocycles. The fourth-order valence-electron chi connectivity index (χ4n) is 2.79. The van der Waals surface area contributed by atoms with Crippen LogP contribution < -0.4 is 15.1 Å². The van der Waals surface area contributed by atoms with Crippen molar-refractivity contribution in [1.82, 2.24) is 5.32 Å². The fourth-order valence-corrected chi connectivity index (χ4v) is 2.96. The molecule has 0 spiro atoms. The molecule has 18 heavy (non-hydrogen) atoms. The van der Waals surface area contributed by atoms with Crippen molar-refractivity contribution in [2.75, 3.05) is 36.0 Å². The number of likely N-dealkylation sites (N-methyl/N-ethyl adjacent to an activating group) is 1. The molecule has 2 heterocycles. The molecule has 1 N–H and O–H groups in total. The van der Waals surface area contributed by atoms with Crippen LogP contribution in [0.3, 0.4) is 0 Å². The molecule has 1 aromatic carbocycles. The van der Waals surface area contributed by atoms with Crippen LogP contribution in [0.2, 0.25) is 5.02 Å². The number of halogens is 1. The average molecular weight is 266 g/mol. The molecule has 3 rings (SSSR count). The van der Waals surface area contributed by atoms with E-state index >= 15 is 0 Å². The van der Waals surface area contributed by atoms with Crippen molar-refractivity contribution in [2.24, 2.45) is 0 Å². The summed E-state index contributed by atoms with van der Waals surface area (Å²) in [7, 11) is 0. The largest absolute Gasteiger partial charge is 0.355 e. The zero-order chi connectivity index (χ0) is 12.7. The van der Waals surface area contributed by atoms with Crippen molar-refractivity contribution in [3.63, 3.8) is 0 Å². The van der Waals surface area contributed by atoms with E-state index in [1.165, 1.54) is 0 Å². The highest BCUT2D eigenvalue weighted by molar-refractivity contribution is 6.31. The van der Waals surface area contributed by atoms with Crippen LogP contribution in [-0.4, -0.2) is 38.1 Å². The van der Waals surface area contributed by atoms with Gasteiger partial charge in [-0.15, -0.1) is 0 Å². The first-order valence-electron chi connectivity index (χ1n) is 6.30. The molecule has 1 fully saturated rings. The Morgan fingerprint density at radius 3 is 3.06 bits per heavy atom. The minimum Gasteiger partial charge on any atom is -0.355 e. The molecule has 2 aliphatic heterocycles. The number of carbonyl (C=O) groups is 1. The molecular formula is C13H16ClN3O. The number of piperazine rings is 1. The number of hydrogen-bond acceptors (Lipinski definition) is 3. The summed E-state index contributed by atoms with van der Waals surface area (Å²) in [4.78, 5) is 16.5. The second-order valence-electron chi connectivity index (χ2n) is 4.63. The van der Waals surface area contributed by atoms with E-state index in [0.717, 1.165) is 31.0 Å². The quantitative estimate of drug-likeness (QED) is 0.836. The predicted octanol–water partition coefficient (Wildman–Crippen LogP) is 1.48. The van der Waals surface area contributed by atoms with Crippen molar-refractivity contribution < 1.29 is 4.79 Å². The molecule has 5 heteroatoms. The Kier molecular flexibility index (Phi) is 2.92. The third kappa shape index (κ3) is 1.68. The number of nitrogens with zero attached hydrogens (tertiary/aromatic N) is 2. The molecule has 0 radical (unpaired) electrons. The van der Waals surface area contributed by atoms with Gasteiger partial charge in [-0.1, -0.05) is 11.6 Å². The zero-order valence-electron chi connectivity index (χ0n) is 10.3. The first kappa shape index (κ1) is 11.8. The smallest absolute Gasteiger partial charge is 0.251 e. The lowest BCUT2D eigenvalue weighted by Crippen LogP contribution is -2.61. The highest BCUT2D eigenvalue weighted by atomic mass is 35.5. The van der Waals surface area contributed by atoms with Crippen LogP contribution in [0.4, 0.5) is 11.4 Å². The van der Waals surface area contributed by atoms with Gasteiger partial charge in [-0.3, -0.25) is 4.79 Å². The van der Waals surface area contributed by atoms with E-state index < -0.39 is 0 Å². The predicted molar refractivity (Wildman–Crippen MR) is 73.5 cm³/mol. The van der Waals surface area contributed by atoms with Crippen LogP contribution in [0, 0.1) is 0 Å². The number of nitrogens with one attached hydrogen (secondary N) is 1.